The Hall–Kier alpha value is -1.22. The summed E-state index contributed by atoms with van der Waals surface area (Å²) in [7, 11) is 1.89. The maximum atomic E-state index is 13.3. The normalized spacial score (nSPS) is 11.9. The molecule has 0 spiro atoms. The van der Waals surface area contributed by atoms with Crippen molar-refractivity contribution in [3.05, 3.63) is 47.0 Å². The van der Waals surface area contributed by atoms with Crippen molar-refractivity contribution in [3.63, 3.8) is 0 Å². The monoisotopic (exact) mass is 225 g/mol. The van der Waals surface area contributed by atoms with Crippen molar-refractivity contribution in [2.45, 2.75) is 19.8 Å². The third-order valence-corrected chi connectivity index (χ3v) is 2.37. The van der Waals surface area contributed by atoms with Crippen LogP contribution in [0.4, 0.5) is 8.78 Å². The average molecular weight is 225 g/mol. The molecule has 0 saturated carbocycles. The smallest absolute Gasteiger partial charge is 0.129 e. The van der Waals surface area contributed by atoms with E-state index in [1.165, 1.54) is 12.1 Å². The van der Waals surface area contributed by atoms with Crippen molar-refractivity contribution >= 4 is 0 Å². The van der Waals surface area contributed by atoms with E-state index in [2.05, 4.69) is 11.4 Å². The average Bonchev–Trinajstić information content (AvgIpc) is 2.23. The summed E-state index contributed by atoms with van der Waals surface area (Å²) in [6.45, 7) is 2.86. The van der Waals surface area contributed by atoms with Gasteiger partial charge in [0.15, 0.2) is 0 Å². The summed E-state index contributed by atoms with van der Waals surface area (Å²) in [5.41, 5.74) is 1.64. The van der Waals surface area contributed by atoms with Gasteiger partial charge in [0.1, 0.15) is 11.6 Å². The minimum atomic E-state index is -0.530. The van der Waals surface area contributed by atoms with Gasteiger partial charge in [-0.2, -0.15) is 0 Å². The third-order valence-electron chi connectivity index (χ3n) is 2.37. The molecular weight excluding hydrogens is 208 g/mol. The van der Waals surface area contributed by atoms with Crippen LogP contribution in [-0.2, 0) is 6.42 Å². The van der Waals surface area contributed by atoms with Gasteiger partial charge in [-0.3, -0.25) is 0 Å². The lowest BCUT2D eigenvalue weighted by Gasteiger charge is -2.04. The second-order valence-electron chi connectivity index (χ2n) is 3.86. The molecule has 16 heavy (non-hydrogen) atoms. The summed E-state index contributed by atoms with van der Waals surface area (Å²) in [6, 6.07) is 3.72. The Morgan fingerprint density at radius 2 is 2.12 bits per heavy atom. The Labute approximate surface area is 95.2 Å². The molecule has 0 unspecified atom stereocenters. The highest BCUT2D eigenvalue weighted by atomic mass is 19.1. The fraction of sp³-hybridized carbons (Fsp3) is 0.385. The maximum absolute atomic E-state index is 13.3. The van der Waals surface area contributed by atoms with Gasteiger partial charge in [-0.05, 0) is 45.0 Å². The van der Waals surface area contributed by atoms with E-state index < -0.39 is 11.6 Å². The summed E-state index contributed by atoms with van der Waals surface area (Å²) < 4.78 is 26.0. The van der Waals surface area contributed by atoms with Crippen LogP contribution in [0.2, 0.25) is 0 Å². The number of benzene rings is 1. The predicted molar refractivity (Wildman–Crippen MR) is 62.4 cm³/mol. The van der Waals surface area contributed by atoms with Crippen molar-refractivity contribution in [3.8, 4) is 0 Å². The van der Waals surface area contributed by atoms with Crippen molar-refractivity contribution < 1.29 is 8.78 Å². The molecule has 1 rings (SSSR count). The number of nitrogens with one attached hydrogen (secondary N) is 1. The van der Waals surface area contributed by atoms with Crippen LogP contribution in [0.1, 0.15) is 18.9 Å². The van der Waals surface area contributed by atoms with Crippen LogP contribution in [0.15, 0.2) is 29.8 Å². The fourth-order valence-corrected chi connectivity index (χ4v) is 1.50. The Kier molecular flexibility index (Phi) is 5.12. The second kappa shape index (κ2) is 6.38. The standard InChI is InChI=1S/C13H17F2N/c1-10(4-3-7-16-2)8-11-5-6-12(14)9-13(11)15/h4-6,9,16H,3,7-8H2,1-2H3. The molecule has 1 N–H and O–H groups in total. The first-order valence-corrected chi connectivity index (χ1v) is 5.37. The molecule has 0 bridgehead atoms. The molecule has 0 heterocycles. The van der Waals surface area contributed by atoms with Crippen molar-refractivity contribution in [1.82, 2.24) is 5.32 Å². The topological polar surface area (TPSA) is 12.0 Å². The highest BCUT2D eigenvalue weighted by molar-refractivity contribution is 5.23. The van der Waals surface area contributed by atoms with Crippen LogP contribution in [0.5, 0.6) is 0 Å². The van der Waals surface area contributed by atoms with Gasteiger partial charge < -0.3 is 5.32 Å². The largest absolute Gasteiger partial charge is 0.319 e. The molecule has 0 fully saturated rings. The van der Waals surface area contributed by atoms with Gasteiger partial charge in [-0.1, -0.05) is 17.7 Å². The Bertz CT molecular complexity index is 372. The van der Waals surface area contributed by atoms with Crippen LogP contribution >= 0.6 is 0 Å². The van der Waals surface area contributed by atoms with Crippen molar-refractivity contribution in [1.29, 1.82) is 0 Å². The zero-order valence-electron chi connectivity index (χ0n) is 9.69. The van der Waals surface area contributed by atoms with Gasteiger partial charge in [0.25, 0.3) is 0 Å². The van der Waals surface area contributed by atoms with Gasteiger partial charge in [-0.15, -0.1) is 0 Å². The van der Waals surface area contributed by atoms with E-state index in [1.54, 1.807) is 0 Å². The molecule has 0 aliphatic heterocycles. The molecule has 0 aromatic heterocycles. The Balaban J connectivity index is 2.62. The quantitative estimate of drug-likeness (QED) is 0.600. The van der Waals surface area contributed by atoms with Crippen LogP contribution in [-0.4, -0.2) is 13.6 Å². The molecule has 0 amide bonds. The lowest BCUT2D eigenvalue weighted by atomic mass is 10.0. The number of hydrogen-bond acceptors (Lipinski definition) is 1. The second-order valence-corrected chi connectivity index (χ2v) is 3.86. The number of hydrogen-bond donors (Lipinski definition) is 1. The van der Waals surface area contributed by atoms with Crippen LogP contribution in [0, 0.1) is 11.6 Å². The van der Waals surface area contributed by atoms with Crippen LogP contribution in [0.25, 0.3) is 0 Å². The minimum absolute atomic E-state index is 0.471. The third kappa shape index (κ3) is 4.11. The highest BCUT2D eigenvalue weighted by Crippen LogP contribution is 2.14. The zero-order valence-corrected chi connectivity index (χ0v) is 9.69. The van der Waals surface area contributed by atoms with E-state index in [9.17, 15) is 8.78 Å². The first-order chi connectivity index (χ1) is 7.63. The van der Waals surface area contributed by atoms with Crippen molar-refractivity contribution in [2.75, 3.05) is 13.6 Å². The lowest BCUT2D eigenvalue weighted by Crippen LogP contribution is -2.06. The molecule has 0 aliphatic carbocycles. The molecule has 0 radical (unpaired) electrons. The lowest BCUT2D eigenvalue weighted by molar-refractivity contribution is 0.574. The van der Waals surface area contributed by atoms with Crippen LogP contribution < -0.4 is 5.32 Å². The predicted octanol–water partition coefficient (Wildman–Crippen LogP) is 3.06. The molecule has 1 nitrogen and oxygen atoms in total. The molecule has 1 aromatic carbocycles. The molecule has 0 aliphatic rings. The summed E-state index contributed by atoms with van der Waals surface area (Å²) in [5.74, 6) is -1.00. The number of rotatable bonds is 5. The van der Waals surface area contributed by atoms with Gasteiger partial charge in [0, 0.05) is 6.07 Å². The van der Waals surface area contributed by atoms with Gasteiger partial charge in [0.2, 0.25) is 0 Å². The Morgan fingerprint density at radius 3 is 2.75 bits per heavy atom. The van der Waals surface area contributed by atoms with Gasteiger partial charge >= 0.3 is 0 Å². The molecule has 3 heteroatoms. The first kappa shape index (κ1) is 12.8. The van der Waals surface area contributed by atoms with Crippen LogP contribution in [0.3, 0.4) is 0 Å². The maximum Gasteiger partial charge on any atom is 0.129 e. The van der Waals surface area contributed by atoms with Gasteiger partial charge in [-0.25, -0.2) is 8.78 Å². The van der Waals surface area contributed by atoms with E-state index in [0.29, 0.717) is 12.0 Å². The van der Waals surface area contributed by atoms with E-state index in [4.69, 9.17) is 0 Å². The molecule has 1 aromatic rings. The van der Waals surface area contributed by atoms with E-state index in [-0.39, 0.29) is 0 Å². The number of allylic oxidation sites excluding steroid dienone is 1. The first-order valence-electron chi connectivity index (χ1n) is 5.37. The number of halogens is 2. The summed E-state index contributed by atoms with van der Waals surface area (Å²) in [4.78, 5) is 0. The SMILES string of the molecule is CNCCC=C(C)Cc1ccc(F)cc1F. The molecule has 0 atom stereocenters. The zero-order chi connectivity index (χ0) is 12.0. The van der Waals surface area contributed by atoms with E-state index in [0.717, 1.165) is 24.6 Å². The highest BCUT2D eigenvalue weighted by Gasteiger charge is 2.03. The van der Waals surface area contributed by atoms with Crippen molar-refractivity contribution in [2.24, 2.45) is 0 Å². The van der Waals surface area contributed by atoms with E-state index >= 15 is 0 Å². The van der Waals surface area contributed by atoms with E-state index in [1.807, 2.05) is 14.0 Å². The Morgan fingerprint density at radius 1 is 1.38 bits per heavy atom. The summed E-state index contributed by atoms with van der Waals surface area (Å²) >= 11 is 0. The molecular formula is C13H17F2N. The minimum Gasteiger partial charge on any atom is -0.319 e. The van der Waals surface area contributed by atoms with Gasteiger partial charge in [0.05, 0.1) is 0 Å². The summed E-state index contributed by atoms with van der Waals surface area (Å²) in [5, 5.41) is 3.04. The molecule has 88 valence electrons. The molecule has 0 saturated heterocycles. The summed E-state index contributed by atoms with van der Waals surface area (Å²) in [6.07, 6.45) is 3.53. The fourth-order valence-electron chi connectivity index (χ4n) is 1.50.